The molecule has 3 aromatic rings. The van der Waals surface area contributed by atoms with Gasteiger partial charge in [0.05, 0.1) is 23.4 Å². The summed E-state index contributed by atoms with van der Waals surface area (Å²) >= 11 is 6.21. The average molecular weight is 383 g/mol. The quantitative estimate of drug-likeness (QED) is 0.603. The Labute approximate surface area is 162 Å². The van der Waals surface area contributed by atoms with Gasteiger partial charge in [-0.2, -0.15) is 4.98 Å². The Kier molecular flexibility index (Phi) is 5.57. The second-order valence-electron chi connectivity index (χ2n) is 6.00. The lowest BCUT2D eigenvalue weighted by atomic mass is 10.1. The zero-order chi connectivity index (χ0) is 19.4. The summed E-state index contributed by atoms with van der Waals surface area (Å²) in [6.07, 6.45) is 1.64. The Morgan fingerprint density at radius 3 is 2.59 bits per heavy atom. The van der Waals surface area contributed by atoms with Gasteiger partial charge in [0, 0.05) is 11.9 Å². The minimum absolute atomic E-state index is 0.354. The summed E-state index contributed by atoms with van der Waals surface area (Å²) in [7, 11) is 1.33. The standard InChI is InChI=1S/C20H19ClN4O2/c1-12-4-6-15(10-13(12)2)23-18-8-9-22-20(25-18)24-17-11-14(19(26)27-3)5-7-16(17)21/h4-11H,1-3H3,(H2,22,23,24,25). The van der Waals surface area contributed by atoms with Crippen molar-refractivity contribution in [2.75, 3.05) is 17.7 Å². The number of halogens is 1. The number of anilines is 4. The Morgan fingerprint density at radius 2 is 1.85 bits per heavy atom. The largest absolute Gasteiger partial charge is 0.465 e. The Morgan fingerprint density at radius 1 is 1.04 bits per heavy atom. The SMILES string of the molecule is COC(=O)c1ccc(Cl)c(Nc2nccc(Nc3ccc(C)c(C)c3)n2)c1. The van der Waals surface area contributed by atoms with Crippen LogP contribution in [0.2, 0.25) is 5.02 Å². The monoisotopic (exact) mass is 382 g/mol. The first-order valence-electron chi connectivity index (χ1n) is 8.28. The Hall–Kier alpha value is -3.12. The zero-order valence-electron chi connectivity index (χ0n) is 15.2. The number of benzene rings is 2. The van der Waals surface area contributed by atoms with Gasteiger partial charge < -0.3 is 15.4 Å². The van der Waals surface area contributed by atoms with E-state index >= 15 is 0 Å². The van der Waals surface area contributed by atoms with Crippen molar-refractivity contribution in [2.45, 2.75) is 13.8 Å². The number of aryl methyl sites for hydroxylation is 2. The van der Waals surface area contributed by atoms with Gasteiger partial charge in [0.1, 0.15) is 5.82 Å². The van der Waals surface area contributed by atoms with Gasteiger partial charge in [-0.25, -0.2) is 9.78 Å². The molecule has 0 aliphatic rings. The normalized spacial score (nSPS) is 10.4. The number of hydrogen-bond donors (Lipinski definition) is 2. The molecular formula is C20H19ClN4O2. The molecule has 0 aliphatic carbocycles. The molecule has 2 aromatic carbocycles. The summed E-state index contributed by atoms with van der Waals surface area (Å²) in [6, 6.07) is 12.7. The van der Waals surface area contributed by atoms with Crippen molar-refractivity contribution in [1.29, 1.82) is 0 Å². The highest BCUT2D eigenvalue weighted by Crippen LogP contribution is 2.26. The molecule has 0 saturated heterocycles. The van der Waals surface area contributed by atoms with E-state index in [-0.39, 0.29) is 0 Å². The molecule has 0 fully saturated rings. The van der Waals surface area contributed by atoms with E-state index in [4.69, 9.17) is 16.3 Å². The lowest BCUT2D eigenvalue weighted by Gasteiger charge is -2.11. The van der Waals surface area contributed by atoms with E-state index in [2.05, 4.69) is 46.6 Å². The van der Waals surface area contributed by atoms with Gasteiger partial charge in [-0.05, 0) is 61.4 Å². The summed E-state index contributed by atoms with van der Waals surface area (Å²) < 4.78 is 4.73. The molecule has 0 atom stereocenters. The fraction of sp³-hybridized carbons (Fsp3) is 0.150. The van der Waals surface area contributed by atoms with Crippen molar-refractivity contribution in [3.05, 3.63) is 70.4 Å². The number of carbonyl (C=O) groups is 1. The zero-order valence-corrected chi connectivity index (χ0v) is 16.0. The second-order valence-corrected chi connectivity index (χ2v) is 6.41. The molecule has 0 saturated carbocycles. The van der Waals surface area contributed by atoms with Crippen molar-refractivity contribution >= 4 is 40.7 Å². The number of nitrogens with one attached hydrogen (secondary N) is 2. The van der Waals surface area contributed by atoms with E-state index in [9.17, 15) is 4.79 Å². The van der Waals surface area contributed by atoms with Crippen LogP contribution in [0.5, 0.6) is 0 Å². The van der Waals surface area contributed by atoms with Gasteiger partial charge in [-0.3, -0.25) is 0 Å². The predicted octanol–water partition coefficient (Wildman–Crippen LogP) is 5.02. The van der Waals surface area contributed by atoms with E-state index in [1.54, 1.807) is 30.5 Å². The van der Waals surface area contributed by atoms with E-state index in [1.807, 2.05) is 6.07 Å². The third-order valence-corrected chi connectivity index (χ3v) is 4.40. The van der Waals surface area contributed by atoms with E-state index < -0.39 is 5.97 Å². The topological polar surface area (TPSA) is 76.1 Å². The van der Waals surface area contributed by atoms with Crippen LogP contribution >= 0.6 is 11.6 Å². The minimum Gasteiger partial charge on any atom is -0.465 e. The minimum atomic E-state index is -0.444. The van der Waals surface area contributed by atoms with Gasteiger partial charge in [-0.1, -0.05) is 17.7 Å². The Bertz CT molecular complexity index is 991. The summed E-state index contributed by atoms with van der Waals surface area (Å²) in [5.41, 5.74) is 4.26. The molecule has 0 aliphatic heterocycles. The third kappa shape index (κ3) is 4.54. The molecule has 0 radical (unpaired) electrons. The molecule has 7 heteroatoms. The first-order chi connectivity index (χ1) is 13.0. The Balaban J connectivity index is 1.82. The lowest BCUT2D eigenvalue weighted by Crippen LogP contribution is -2.04. The summed E-state index contributed by atoms with van der Waals surface area (Å²) in [4.78, 5) is 20.4. The molecule has 6 nitrogen and oxygen atoms in total. The highest BCUT2D eigenvalue weighted by molar-refractivity contribution is 6.33. The molecule has 0 amide bonds. The molecular weight excluding hydrogens is 364 g/mol. The van der Waals surface area contributed by atoms with Crippen LogP contribution in [0.1, 0.15) is 21.5 Å². The molecule has 0 bridgehead atoms. The predicted molar refractivity (Wildman–Crippen MR) is 107 cm³/mol. The maximum Gasteiger partial charge on any atom is 0.337 e. The maximum atomic E-state index is 11.7. The fourth-order valence-corrected chi connectivity index (χ4v) is 2.61. The van der Waals surface area contributed by atoms with E-state index in [0.717, 1.165) is 5.69 Å². The number of carbonyl (C=O) groups excluding carboxylic acids is 1. The molecule has 27 heavy (non-hydrogen) atoms. The van der Waals surface area contributed by atoms with Crippen LogP contribution in [0.3, 0.4) is 0 Å². The first-order valence-corrected chi connectivity index (χ1v) is 8.66. The van der Waals surface area contributed by atoms with Crippen molar-refractivity contribution in [1.82, 2.24) is 9.97 Å². The van der Waals surface area contributed by atoms with Crippen molar-refractivity contribution in [3.63, 3.8) is 0 Å². The number of hydrogen-bond acceptors (Lipinski definition) is 6. The number of esters is 1. The molecule has 0 unspecified atom stereocenters. The second kappa shape index (κ2) is 8.05. The summed E-state index contributed by atoms with van der Waals surface area (Å²) in [5, 5.41) is 6.73. The molecule has 2 N–H and O–H groups in total. The molecule has 1 aromatic heterocycles. The van der Waals surface area contributed by atoms with E-state index in [0.29, 0.717) is 28.0 Å². The first kappa shape index (κ1) is 18.7. The number of rotatable bonds is 5. The highest BCUT2D eigenvalue weighted by atomic mass is 35.5. The molecule has 0 spiro atoms. The van der Waals surface area contributed by atoms with Gasteiger partial charge in [0.15, 0.2) is 0 Å². The molecule has 1 heterocycles. The number of aromatic nitrogens is 2. The number of ether oxygens (including phenoxy) is 1. The maximum absolute atomic E-state index is 11.7. The number of methoxy groups -OCH3 is 1. The van der Waals surface area contributed by atoms with Crippen molar-refractivity contribution in [2.24, 2.45) is 0 Å². The number of nitrogens with zero attached hydrogens (tertiary/aromatic N) is 2. The van der Waals surface area contributed by atoms with Crippen molar-refractivity contribution in [3.8, 4) is 0 Å². The van der Waals surface area contributed by atoms with E-state index in [1.165, 1.54) is 18.2 Å². The highest BCUT2D eigenvalue weighted by Gasteiger charge is 2.10. The van der Waals surface area contributed by atoms with Crippen LogP contribution in [0.25, 0.3) is 0 Å². The lowest BCUT2D eigenvalue weighted by molar-refractivity contribution is 0.0601. The van der Waals surface area contributed by atoms with Crippen LogP contribution in [-0.4, -0.2) is 23.0 Å². The van der Waals surface area contributed by atoms with Crippen LogP contribution < -0.4 is 10.6 Å². The van der Waals surface area contributed by atoms with Gasteiger partial charge in [0.25, 0.3) is 0 Å². The van der Waals surface area contributed by atoms with Gasteiger partial charge >= 0.3 is 5.97 Å². The van der Waals surface area contributed by atoms with Crippen molar-refractivity contribution < 1.29 is 9.53 Å². The summed E-state index contributed by atoms with van der Waals surface area (Å²) in [6.45, 7) is 4.13. The van der Waals surface area contributed by atoms with Gasteiger partial charge in [-0.15, -0.1) is 0 Å². The average Bonchev–Trinajstić information content (AvgIpc) is 2.66. The molecule has 3 rings (SSSR count). The fourth-order valence-electron chi connectivity index (χ4n) is 2.44. The van der Waals surface area contributed by atoms with Crippen LogP contribution in [-0.2, 0) is 4.74 Å². The summed E-state index contributed by atoms with van der Waals surface area (Å²) in [5.74, 6) is 0.546. The smallest absolute Gasteiger partial charge is 0.337 e. The van der Waals surface area contributed by atoms with Crippen LogP contribution in [0.15, 0.2) is 48.7 Å². The van der Waals surface area contributed by atoms with Gasteiger partial charge in [0.2, 0.25) is 5.95 Å². The third-order valence-electron chi connectivity index (χ3n) is 4.07. The van der Waals surface area contributed by atoms with Crippen LogP contribution in [0.4, 0.5) is 23.1 Å². The molecule has 138 valence electrons. The van der Waals surface area contributed by atoms with Crippen LogP contribution in [0, 0.1) is 13.8 Å².